The summed E-state index contributed by atoms with van der Waals surface area (Å²) in [6, 6.07) is 10.3. The fraction of sp³-hybridized carbons (Fsp3) is 0.417. The summed E-state index contributed by atoms with van der Waals surface area (Å²) in [5.74, 6) is -0.652. The lowest BCUT2D eigenvalue weighted by molar-refractivity contribution is -0.139. The predicted molar refractivity (Wildman–Crippen MR) is 140 cm³/mol. The maximum atomic E-state index is 13.6. The van der Waals surface area contributed by atoms with E-state index in [0.29, 0.717) is 27.8 Å². The average Bonchev–Trinajstić information content (AvgIpc) is 2.80. The molecule has 0 heterocycles. The minimum Gasteiger partial charge on any atom is -0.495 e. The number of benzene rings is 2. The van der Waals surface area contributed by atoms with E-state index in [1.807, 2.05) is 13.8 Å². The summed E-state index contributed by atoms with van der Waals surface area (Å²) < 4.78 is 31.6. The monoisotopic (exact) mass is 543 g/mol. The highest BCUT2D eigenvalue weighted by atomic mass is 35.5. The summed E-state index contributed by atoms with van der Waals surface area (Å²) in [7, 11) is -2.46. The number of para-hydroxylation sites is 2. The van der Waals surface area contributed by atoms with Crippen molar-refractivity contribution in [2.45, 2.75) is 45.8 Å². The molecule has 2 atom stereocenters. The third-order valence-electron chi connectivity index (χ3n) is 5.56. The molecule has 2 aromatic rings. The number of halogens is 2. The minimum atomic E-state index is -3.87. The Hall–Kier alpha value is -2.49. The van der Waals surface area contributed by atoms with Crippen molar-refractivity contribution < 1.29 is 22.7 Å². The van der Waals surface area contributed by atoms with Crippen molar-refractivity contribution in [1.29, 1.82) is 0 Å². The summed E-state index contributed by atoms with van der Waals surface area (Å²) in [6.07, 6.45) is 1.72. The lowest BCUT2D eigenvalue weighted by Crippen LogP contribution is -2.52. The van der Waals surface area contributed by atoms with E-state index in [-0.39, 0.29) is 24.2 Å². The molecule has 2 amide bonds. The zero-order chi connectivity index (χ0) is 26.3. The number of nitrogens with one attached hydrogen (secondary N) is 1. The molecule has 0 aliphatic rings. The lowest BCUT2D eigenvalue weighted by Gasteiger charge is -2.32. The van der Waals surface area contributed by atoms with Gasteiger partial charge in [-0.3, -0.25) is 13.9 Å². The zero-order valence-corrected chi connectivity index (χ0v) is 22.7. The maximum Gasteiger partial charge on any atom is 0.244 e. The Morgan fingerprint density at radius 1 is 1.11 bits per heavy atom. The first kappa shape index (κ1) is 28.7. The topological polar surface area (TPSA) is 96.0 Å². The zero-order valence-electron chi connectivity index (χ0n) is 20.4. The molecule has 1 N–H and O–H groups in total. The number of amides is 2. The number of sulfonamides is 1. The van der Waals surface area contributed by atoms with Crippen molar-refractivity contribution in [2.24, 2.45) is 0 Å². The van der Waals surface area contributed by atoms with Crippen LogP contribution in [0.5, 0.6) is 5.75 Å². The summed E-state index contributed by atoms with van der Waals surface area (Å²) in [5.41, 5.74) is 0.780. The van der Waals surface area contributed by atoms with Crippen LogP contribution in [-0.2, 0) is 26.2 Å². The van der Waals surface area contributed by atoms with Gasteiger partial charge in [0.25, 0.3) is 0 Å². The van der Waals surface area contributed by atoms with Crippen LogP contribution in [0.4, 0.5) is 5.69 Å². The molecule has 0 unspecified atom stereocenters. The van der Waals surface area contributed by atoms with Gasteiger partial charge in [0.1, 0.15) is 18.3 Å². The first-order chi connectivity index (χ1) is 16.4. The molecule has 0 spiro atoms. The van der Waals surface area contributed by atoms with Gasteiger partial charge >= 0.3 is 0 Å². The van der Waals surface area contributed by atoms with Gasteiger partial charge in [-0.1, -0.05) is 48.3 Å². The highest BCUT2D eigenvalue weighted by molar-refractivity contribution is 7.92. The molecule has 0 fully saturated rings. The van der Waals surface area contributed by atoms with Crippen molar-refractivity contribution in [3.8, 4) is 5.75 Å². The number of nitrogens with zero attached hydrogens (tertiary/aromatic N) is 2. The van der Waals surface area contributed by atoms with Crippen molar-refractivity contribution in [3.63, 3.8) is 0 Å². The van der Waals surface area contributed by atoms with Crippen molar-refractivity contribution in [1.82, 2.24) is 10.2 Å². The van der Waals surface area contributed by atoms with E-state index in [2.05, 4.69) is 5.32 Å². The van der Waals surface area contributed by atoms with E-state index in [0.717, 1.165) is 10.6 Å². The van der Waals surface area contributed by atoms with Crippen LogP contribution >= 0.6 is 23.2 Å². The largest absolute Gasteiger partial charge is 0.495 e. The number of hydrogen-bond donors (Lipinski definition) is 1. The number of carbonyl (C=O) groups excluding carboxylic acids is 2. The molecule has 0 saturated heterocycles. The van der Waals surface area contributed by atoms with Crippen LogP contribution in [0.15, 0.2) is 42.5 Å². The molecular weight excluding hydrogens is 513 g/mol. The number of carbonyl (C=O) groups is 2. The number of rotatable bonds is 11. The highest BCUT2D eigenvalue weighted by Gasteiger charge is 2.31. The molecule has 0 aliphatic carbocycles. The molecule has 0 radical (unpaired) electrons. The molecule has 2 rings (SSSR count). The second kappa shape index (κ2) is 12.5. The van der Waals surface area contributed by atoms with E-state index in [1.165, 1.54) is 12.0 Å². The summed E-state index contributed by atoms with van der Waals surface area (Å²) >= 11 is 12.3. The van der Waals surface area contributed by atoms with Crippen molar-refractivity contribution in [2.75, 3.05) is 24.2 Å². The van der Waals surface area contributed by atoms with Crippen molar-refractivity contribution in [3.05, 3.63) is 58.1 Å². The molecule has 192 valence electrons. The second-order valence-corrected chi connectivity index (χ2v) is 10.9. The van der Waals surface area contributed by atoms with E-state index < -0.39 is 28.5 Å². The SMILES string of the molecule is CC[C@H](C)NC(=O)[C@@H](C)N(Cc1ccc(Cl)cc1Cl)C(=O)CN(c1ccccc1OC)S(C)(=O)=O. The quantitative estimate of drug-likeness (QED) is 0.460. The van der Waals surface area contributed by atoms with Gasteiger partial charge < -0.3 is 15.0 Å². The third-order valence-corrected chi connectivity index (χ3v) is 7.27. The first-order valence-electron chi connectivity index (χ1n) is 11.0. The molecule has 0 aromatic heterocycles. The Bertz CT molecular complexity index is 1160. The van der Waals surface area contributed by atoms with Crippen molar-refractivity contribution >= 4 is 50.7 Å². The molecule has 2 aromatic carbocycles. The Balaban J connectivity index is 2.46. The Labute approximate surface area is 217 Å². The second-order valence-electron chi connectivity index (χ2n) is 8.19. The average molecular weight is 545 g/mol. The molecular formula is C24H31Cl2N3O5S. The van der Waals surface area contributed by atoms with Crippen LogP contribution in [-0.4, -0.2) is 57.1 Å². The first-order valence-corrected chi connectivity index (χ1v) is 13.6. The van der Waals surface area contributed by atoms with E-state index in [9.17, 15) is 18.0 Å². The lowest BCUT2D eigenvalue weighted by atomic mass is 10.1. The molecule has 0 bridgehead atoms. The molecule has 0 saturated carbocycles. The van der Waals surface area contributed by atoms with E-state index in [4.69, 9.17) is 27.9 Å². The number of anilines is 1. The third kappa shape index (κ3) is 7.75. The molecule has 8 nitrogen and oxygen atoms in total. The van der Waals surface area contributed by atoms with Crippen LogP contribution in [0.3, 0.4) is 0 Å². The molecule has 35 heavy (non-hydrogen) atoms. The van der Waals surface area contributed by atoms with Gasteiger partial charge in [-0.15, -0.1) is 0 Å². The van der Waals surface area contributed by atoms with Crippen LogP contribution in [0.2, 0.25) is 10.0 Å². The highest BCUT2D eigenvalue weighted by Crippen LogP contribution is 2.30. The minimum absolute atomic E-state index is 0.0204. The number of ether oxygens (including phenoxy) is 1. The van der Waals surface area contributed by atoms with E-state index >= 15 is 0 Å². The Kier molecular flexibility index (Phi) is 10.2. The molecule has 11 heteroatoms. The maximum absolute atomic E-state index is 13.6. The van der Waals surface area contributed by atoms with Crippen LogP contribution < -0.4 is 14.4 Å². The van der Waals surface area contributed by atoms with Crippen LogP contribution in [0.25, 0.3) is 0 Å². The normalized spacial score (nSPS) is 13.0. The Morgan fingerprint density at radius 2 is 1.77 bits per heavy atom. The summed E-state index contributed by atoms with van der Waals surface area (Å²) in [6.45, 7) is 4.83. The fourth-order valence-corrected chi connectivity index (χ4v) is 4.63. The summed E-state index contributed by atoms with van der Waals surface area (Å²) in [4.78, 5) is 27.8. The van der Waals surface area contributed by atoms with Gasteiger partial charge in [-0.25, -0.2) is 8.42 Å². The fourth-order valence-electron chi connectivity index (χ4n) is 3.31. The summed E-state index contributed by atoms with van der Waals surface area (Å²) in [5, 5.41) is 3.63. The van der Waals surface area contributed by atoms with Gasteiger partial charge in [0, 0.05) is 22.6 Å². The van der Waals surface area contributed by atoms with Gasteiger partial charge in [-0.2, -0.15) is 0 Å². The number of hydrogen-bond acceptors (Lipinski definition) is 5. The smallest absolute Gasteiger partial charge is 0.244 e. The van der Waals surface area contributed by atoms with Crippen LogP contribution in [0, 0.1) is 0 Å². The van der Waals surface area contributed by atoms with E-state index in [1.54, 1.807) is 49.4 Å². The molecule has 0 aliphatic heterocycles. The van der Waals surface area contributed by atoms with Crippen LogP contribution in [0.1, 0.15) is 32.8 Å². The van der Waals surface area contributed by atoms with Gasteiger partial charge in [0.05, 0.1) is 19.1 Å². The Morgan fingerprint density at radius 3 is 2.34 bits per heavy atom. The van der Waals surface area contributed by atoms with Gasteiger partial charge in [0.15, 0.2) is 0 Å². The predicted octanol–water partition coefficient (Wildman–Crippen LogP) is 4.10. The standard InChI is InChI=1S/C24H31Cl2N3O5S/c1-6-16(2)27-24(31)17(3)28(14-18-11-12-19(25)13-20(18)26)23(30)15-29(35(5,32)33)21-9-7-8-10-22(21)34-4/h7-13,16-17H,6,14-15H2,1-5H3,(H,27,31)/t16-,17+/m0/s1. The number of methoxy groups -OCH3 is 1. The van der Waals surface area contributed by atoms with Gasteiger partial charge in [0.2, 0.25) is 21.8 Å². The van der Waals surface area contributed by atoms with Gasteiger partial charge in [-0.05, 0) is 50.1 Å².